The van der Waals surface area contributed by atoms with Crippen LogP contribution in [0.1, 0.15) is 24.1 Å². The molecule has 0 amide bonds. The summed E-state index contributed by atoms with van der Waals surface area (Å²) in [6.07, 6.45) is 1.83. The van der Waals surface area contributed by atoms with Gasteiger partial charge in [-0.2, -0.15) is 0 Å². The van der Waals surface area contributed by atoms with Gasteiger partial charge in [0.05, 0.1) is 0 Å². The van der Waals surface area contributed by atoms with Crippen LogP contribution in [0.25, 0.3) is 6.08 Å². The van der Waals surface area contributed by atoms with Crippen molar-refractivity contribution in [3.63, 3.8) is 0 Å². The summed E-state index contributed by atoms with van der Waals surface area (Å²) >= 11 is 0. The van der Waals surface area contributed by atoms with Crippen LogP contribution in [-0.4, -0.2) is 0 Å². The van der Waals surface area contributed by atoms with Crippen LogP contribution in [0, 0.1) is 0 Å². The third kappa shape index (κ3) is 2.68. The first-order valence-corrected chi connectivity index (χ1v) is 3.72. The Labute approximate surface area is 79.7 Å². The Morgan fingerprint density at radius 1 is 1.50 bits per heavy atom. The minimum Gasteiger partial charge on any atom is -0.324 e. The van der Waals surface area contributed by atoms with Crippen molar-refractivity contribution in [1.82, 2.24) is 0 Å². The highest BCUT2D eigenvalue weighted by Gasteiger charge is 1.97. The molecule has 0 aliphatic heterocycles. The van der Waals surface area contributed by atoms with E-state index in [1.165, 1.54) is 0 Å². The van der Waals surface area contributed by atoms with E-state index in [1.807, 2.05) is 31.2 Å². The average molecular weight is 184 g/mol. The van der Waals surface area contributed by atoms with Crippen molar-refractivity contribution in [2.75, 3.05) is 0 Å². The van der Waals surface area contributed by atoms with Crippen LogP contribution in [0.2, 0.25) is 0 Å². The van der Waals surface area contributed by atoms with Gasteiger partial charge in [-0.05, 0) is 18.1 Å². The van der Waals surface area contributed by atoms with E-state index in [0.29, 0.717) is 0 Å². The van der Waals surface area contributed by atoms with Gasteiger partial charge in [-0.3, -0.25) is 0 Å². The third-order valence-electron chi connectivity index (χ3n) is 1.67. The van der Waals surface area contributed by atoms with Gasteiger partial charge in [-0.15, -0.1) is 12.4 Å². The molecule has 12 heavy (non-hydrogen) atoms. The Hall–Kier alpha value is -0.790. The van der Waals surface area contributed by atoms with Gasteiger partial charge in [0.25, 0.3) is 0 Å². The first-order chi connectivity index (χ1) is 5.24. The van der Waals surface area contributed by atoms with Gasteiger partial charge in [0.1, 0.15) is 0 Å². The largest absolute Gasteiger partial charge is 0.324 e. The molecule has 0 aromatic heterocycles. The van der Waals surface area contributed by atoms with Gasteiger partial charge in [-0.25, -0.2) is 0 Å². The zero-order valence-electron chi connectivity index (χ0n) is 7.16. The predicted octanol–water partition coefficient (Wildman–Crippen LogP) is 2.77. The Morgan fingerprint density at radius 3 is 2.67 bits per heavy atom. The Bertz CT molecular complexity index is 256. The molecule has 1 atom stereocenters. The molecule has 0 heterocycles. The maximum atomic E-state index is 5.70. The molecule has 1 nitrogen and oxygen atoms in total. The summed E-state index contributed by atoms with van der Waals surface area (Å²) in [4.78, 5) is 0. The first kappa shape index (κ1) is 11.2. The van der Waals surface area contributed by atoms with Crippen LogP contribution in [0.3, 0.4) is 0 Å². The van der Waals surface area contributed by atoms with Gasteiger partial charge in [0.15, 0.2) is 0 Å². The van der Waals surface area contributed by atoms with Gasteiger partial charge in [0.2, 0.25) is 0 Å². The molecule has 0 aliphatic carbocycles. The molecule has 2 N–H and O–H groups in total. The van der Waals surface area contributed by atoms with Crippen LogP contribution < -0.4 is 5.73 Å². The molecule has 0 saturated carbocycles. The summed E-state index contributed by atoms with van der Waals surface area (Å²) in [5.41, 5.74) is 7.98. The van der Waals surface area contributed by atoms with Crippen LogP contribution >= 0.6 is 12.4 Å². The lowest BCUT2D eigenvalue weighted by Gasteiger charge is -2.05. The van der Waals surface area contributed by atoms with E-state index in [4.69, 9.17) is 5.73 Å². The maximum absolute atomic E-state index is 5.70. The summed E-state index contributed by atoms with van der Waals surface area (Å²) in [5.74, 6) is 0. The maximum Gasteiger partial charge on any atom is 0.0266 e. The lowest BCUT2D eigenvalue weighted by atomic mass is 10.1. The van der Waals surface area contributed by atoms with E-state index in [1.54, 1.807) is 0 Å². The fourth-order valence-corrected chi connectivity index (χ4v) is 0.969. The van der Waals surface area contributed by atoms with Crippen LogP contribution in [0.5, 0.6) is 0 Å². The second-order valence-electron chi connectivity index (χ2n) is 2.66. The highest BCUT2D eigenvalue weighted by Crippen LogP contribution is 2.11. The van der Waals surface area contributed by atoms with Crippen LogP contribution in [0.4, 0.5) is 0 Å². The number of benzene rings is 1. The predicted molar refractivity (Wildman–Crippen MR) is 56.4 cm³/mol. The standard InChI is InChI=1S/C10H13N.ClH/c1-3-9-5-4-6-10(7-9)8(2)11;/h3-8H,1,11H2,2H3;1H. The number of hydrogen-bond acceptors (Lipinski definition) is 1. The molecule has 1 aromatic rings. The number of nitrogens with two attached hydrogens (primary N) is 1. The molecule has 0 fully saturated rings. The van der Waals surface area contributed by atoms with Gasteiger partial charge >= 0.3 is 0 Å². The third-order valence-corrected chi connectivity index (χ3v) is 1.67. The molecule has 1 rings (SSSR count). The van der Waals surface area contributed by atoms with Crippen molar-refractivity contribution >= 4 is 18.5 Å². The molecule has 0 bridgehead atoms. The minimum absolute atomic E-state index is 0. The first-order valence-electron chi connectivity index (χ1n) is 3.72. The average Bonchev–Trinajstić information content (AvgIpc) is 2.05. The summed E-state index contributed by atoms with van der Waals surface area (Å²) in [5, 5.41) is 0. The Balaban J connectivity index is 0.00000121. The van der Waals surface area contributed by atoms with Crippen molar-refractivity contribution in [1.29, 1.82) is 0 Å². The van der Waals surface area contributed by atoms with E-state index in [2.05, 4.69) is 12.6 Å². The number of halogens is 1. The monoisotopic (exact) mass is 183 g/mol. The van der Waals surface area contributed by atoms with Crippen molar-refractivity contribution in [2.24, 2.45) is 5.73 Å². The van der Waals surface area contributed by atoms with Crippen molar-refractivity contribution < 1.29 is 0 Å². The molecule has 66 valence electrons. The second kappa shape index (κ2) is 4.96. The lowest BCUT2D eigenvalue weighted by molar-refractivity contribution is 0.818. The smallest absolute Gasteiger partial charge is 0.0266 e. The summed E-state index contributed by atoms with van der Waals surface area (Å²) in [6.45, 7) is 5.66. The van der Waals surface area contributed by atoms with E-state index in [9.17, 15) is 0 Å². The zero-order chi connectivity index (χ0) is 8.27. The highest BCUT2D eigenvalue weighted by molar-refractivity contribution is 5.85. The fourth-order valence-electron chi connectivity index (χ4n) is 0.969. The molecule has 1 unspecified atom stereocenters. The minimum atomic E-state index is 0. The van der Waals surface area contributed by atoms with Crippen LogP contribution in [0.15, 0.2) is 30.8 Å². The molecular formula is C10H14ClN. The normalized spacial score (nSPS) is 11.5. The SMILES string of the molecule is C=Cc1cccc(C(C)N)c1.Cl. The van der Waals surface area contributed by atoms with E-state index in [0.717, 1.165) is 11.1 Å². The second-order valence-corrected chi connectivity index (χ2v) is 2.66. The van der Waals surface area contributed by atoms with Gasteiger partial charge < -0.3 is 5.73 Å². The molecule has 0 spiro atoms. The van der Waals surface area contributed by atoms with Gasteiger partial charge in [0, 0.05) is 6.04 Å². The van der Waals surface area contributed by atoms with Crippen molar-refractivity contribution in [2.45, 2.75) is 13.0 Å². The number of hydrogen-bond donors (Lipinski definition) is 1. The number of rotatable bonds is 2. The molecule has 2 heteroatoms. The molecular weight excluding hydrogens is 170 g/mol. The van der Waals surface area contributed by atoms with E-state index in [-0.39, 0.29) is 18.4 Å². The highest BCUT2D eigenvalue weighted by atomic mass is 35.5. The molecule has 1 aromatic carbocycles. The van der Waals surface area contributed by atoms with Crippen molar-refractivity contribution in [3.8, 4) is 0 Å². The van der Waals surface area contributed by atoms with Crippen LogP contribution in [-0.2, 0) is 0 Å². The summed E-state index contributed by atoms with van der Waals surface area (Å²) < 4.78 is 0. The summed E-state index contributed by atoms with van der Waals surface area (Å²) in [7, 11) is 0. The quantitative estimate of drug-likeness (QED) is 0.750. The zero-order valence-corrected chi connectivity index (χ0v) is 7.97. The fraction of sp³-hybridized carbons (Fsp3) is 0.200. The van der Waals surface area contributed by atoms with Crippen molar-refractivity contribution in [3.05, 3.63) is 42.0 Å². The van der Waals surface area contributed by atoms with E-state index < -0.39 is 0 Å². The Kier molecular flexibility index (Phi) is 4.64. The molecule has 0 radical (unpaired) electrons. The lowest BCUT2D eigenvalue weighted by Crippen LogP contribution is -2.04. The summed E-state index contributed by atoms with van der Waals surface area (Å²) in [6, 6.07) is 8.19. The van der Waals surface area contributed by atoms with E-state index >= 15 is 0 Å². The van der Waals surface area contributed by atoms with Gasteiger partial charge in [-0.1, -0.05) is 36.9 Å². The molecule has 0 aliphatic rings. The topological polar surface area (TPSA) is 26.0 Å². The molecule has 0 saturated heterocycles. The Morgan fingerprint density at radius 2 is 2.17 bits per heavy atom.